The zero-order chi connectivity index (χ0) is 14.0. The molecule has 102 valence electrons. The van der Waals surface area contributed by atoms with E-state index in [-0.39, 0.29) is 29.3 Å². The lowest BCUT2D eigenvalue weighted by atomic mass is 10.1. The van der Waals surface area contributed by atoms with E-state index in [2.05, 4.69) is 5.32 Å². The molecule has 0 bridgehead atoms. The van der Waals surface area contributed by atoms with Gasteiger partial charge in [-0.15, -0.1) is 11.3 Å². The Morgan fingerprint density at radius 3 is 2.84 bits per heavy atom. The van der Waals surface area contributed by atoms with Crippen molar-refractivity contribution in [1.82, 2.24) is 10.2 Å². The molecule has 0 aliphatic carbocycles. The van der Waals surface area contributed by atoms with Crippen molar-refractivity contribution in [1.29, 1.82) is 0 Å². The number of rotatable bonds is 4. The summed E-state index contributed by atoms with van der Waals surface area (Å²) in [6.45, 7) is 2.45. The van der Waals surface area contributed by atoms with Crippen LogP contribution in [0.15, 0.2) is 12.1 Å². The Hall–Kier alpha value is -1.73. The van der Waals surface area contributed by atoms with Gasteiger partial charge in [-0.1, -0.05) is 6.92 Å². The van der Waals surface area contributed by atoms with Crippen LogP contribution in [0.25, 0.3) is 0 Å². The van der Waals surface area contributed by atoms with E-state index in [1.165, 1.54) is 17.4 Å². The summed E-state index contributed by atoms with van der Waals surface area (Å²) in [6.07, 6.45) is 0.607. The fraction of sp³-hybridized carbons (Fsp3) is 0.417. The van der Waals surface area contributed by atoms with E-state index in [0.717, 1.165) is 4.88 Å². The second-order valence-corrected chi connectivity index (χ2v) is 5.48. The van der Waals surface area contributed by atoms with Crippen molar-refractivity contribution >= 4 is 29.1 Å². The minimum Gasteiger partial charge on any atom is -0.477 e. The van der Waals surface area contributed by atoms with Gasteiger partial charge in [-0.2, -0.15) is 0 Å². The number of amides is 2. The van der Waals surface area contributed by atoms with E-state index >= 15 is 0 Å². The number of nitrogens with one attached hydrogen (secondary N) is 1. The zero-order valence-electron chi connectivity index (χ0n) is 10.4. The first-order valence-electron chi connectivity index (χ1n) is 5.91. The molecule has 1 atom stereocenters. The molecule has 2 heterocycles. The molecule has 7 heteroatoms. The van der Waals surface area contributed by atoms with Crippen molar-refractivity contribution in [3.63, 3.8) is 0 Å². The van der Waals surface area contributed by atoms with Crippen LogP contribution in [0.4, 0.5) is 0 Å². The second-order valence-electron chi connectivity index (χ2n) is 4.31. The lowest BCUT2D eigenvalue weighted by Gasteiger charge is -2.32. The number of piperazine rings is 1. The first-order valence-corrected chi connectivity index (χ1v) is 6.72. The summed E-state index contributed by atoms with van der Waals surface area (Å²) < 4.78 is 0. The predicted octanol–water partition coefficient (Wildman–Crippen LogP) is 0.683. The smallest absolute Gasteiger partial charge is 0.345 e. The number of thiophene rings is 1. The van der Waals surface area contributed by atoms with E-state index < -0.39 is 5.97 Å². The Balaban J connectivity index is 2.12. The Labute approximate surface area is 114 Å². The van der Waals surface area contributed by atoms with Crippen LogP contribution in [0.2, 0.25) is 0 Å². The van der Waals surface area contributed by atoms with E-state index in [4.69, 9.17) is 5.11 Å². The molecule has 0 radical (unpaired) electrons. The highest BCUT2D eigenvalue weighted by Gasteiger charge is 2.32. The fourth-order valence-electron chi connectivity index (χ4n) is 2.11. The maximum Gasteiger partial charge on any atom is 0.345 e. The van der Waals surface area contributed by atoms with E-state index in [1.807, 2.05) is 6.92 Å². The van der Waals surface area contributed by atoms with Crippen LogP contribution in [0, 0.1) is 0 Å². The predicted molar refractivity (Wildman–Crippen MR) is 68.9 cm³/mol. The van der Waals surface area contributed by atoms with Crippen LogP contribution >= 0.6 is 11.3 Å². The third kappa shape index (κ3) is 2.99. The molecule has 2 N–H and O–H groups in total. The van der Waals surface area contributed by atoms with E-state index in [9.17, 15) is 14.4 Å². The number of nitrogens with zero attached hydrogens (tertiary/aromatic N) is 1. The number of carboxylic acid groups (broad SMARTS) is 1. The first kappa shape index (κ1) is 13.7. The van der Waals surface area contributed by atoms with Gasteiger partial charge in [0.15, 0.2) is 0 Å². The van der Waals surface area contributed by atoms with Gasteiger partial charge in [0, 0.05) is 11.4 Å². The van der Waals surface area contributed by atoms with Crippen LogP contribution < -0.4 is 5.32 Å². The largest absolute Gasteiger partial charge is 0.477 e. The molecule has 1 aromatic rings. The van der Waals surface area contributed by atoms with Gasteiger partial charge in [-0.3, -0.25) is 19.8 Å². The highest BCUT2D eigenvalue weighted by atomic mass is 32.1. The van der Waals surface area contributed by atoms with Crippen molar-refractivity contribution in [2.45, 2.75) is 25.9 Å². The van der Waals surface area contributed by atoms with Gasteiger partial charge in [-0.25, -0.2) is 4.79 Å². The molecule has 1 fully saturated rings. The van der Waals surface area contributed by atoms with Crippen molar-refractivity contribution in [2.24, 2.45) is 0 Å². The molecule has 19 heavy (non-hydrogen) atoms. The summed E-state index contributed by atoms with van der Waals surface area (Å²) in [5.41, 5.74) is 0. The van der Waals surface area contributed by atoms with Crippen LogP contribution in [-0.4, -0.2) is 40.4 Å². The van der Waals surface area contributed by atoms with E-state index in [0.29, 0.717) is 13.0 Å². The molecule has 1 aliphatic heterocycles. The monoisotopic (exact) mass is 282 g/mol. The van der Waals surface area contributed by atoms with Gasteiger partial charge < -0.3 is 5.11 Å². The standard InChI is InChI=1S/C12H14N2O4S/c1-2-8-11(16)13-10(15)6-14(8)5-7-3-4-9(19-7)12(17)18/h3-4,8H,2,5-6H2,1H3,(H,17,18)(H,13,15,16). The highest BCUT2D eigenvalue weighted by molar-refractivity contribution is 7.13. The minimum atomic E-state index is -0.962. The Kier molecular flexibility index (Phi) is 3.96. The zero-order valence-corrected chi connectivity index (χ0v) is 11.2. The molecular weight excluding hydrogens is 268 g/mol. The average molecular weight is 282 g/mol. The Morgan fingerprint density at radius 2 is 2.26 bits per heavy atom. The summed E-state index contributed by atoms with van der Waals surface area (Å²) in [5.74, 6) is -1.56. The summed E-state index contributed by atoms with van der Waals surface area (Å²) in [5, 5.41) is 11.2. The molecule has 0 saturated carbocycles. The third-order valence-electron chi connectivity index (χ3n) is 2.97. The molecule has 1 saturated heterocycles. The molecule has 1 unspecified atom stereocenters. The van der Waals surface area contributed by atoms with Gasteiger partial charge in [-0.05, 0) is 18.6 Å². The van der Waals surface area contributed by atoms with Gasteiger partial charge in [0.25, 0.3) is 0 Å². The van der Waals surface area contributed by atoms with Crippen LogP contribution in [0.1, 0.15) is 27.9 Å². The van der Waals surface area contributed by atoms with Crippen molar-refractivity contribution in [3.05, 3.63) is 21.9 Å². The number of hydrogen-bond donors (Lipinski definition) is 2. The fourth-order valence-corrected chi connectivity index (χ4v) is 2.98. The molecule has 0 spiro atoms. The molecule has 1 aliphatic rings. The number of imide groups is 1. The average Bonchev–Trinajstić information content (AvgIpc) is 2.77. The summed E-state index contributed by atoms with van der Waals surface area (Å²) in [4.78, 5) is 36.7. The van der Waals surface area contributed by atoms with Crippen molar-refractivity contribution in [2.75, 3.05) is 6.54 Å². The number of carbonyl (C=O) groups excluding carboxylic acids is 2. The minimum absolute atomic E-state index is 0.157. The number of carbonyl (C=O) groups is 3. The van der Waals surface area contributed by atoms with E-state index in [1.54, 1.807) is 11.0 Å². The molecular formula is C12H14N2O4S. The maximum atomic E-state index is 11.7. The first-order chi connectivity index (χ1) is 9.01. The highest BCUT2D eigenvalue weighted by Crippen LogP contribution is 2.21. The summed E-state index contributed by atoms with van der Waals surface area (Å²) >= 11 is 1.17. The number of aromatic carboxylic acids is 1. The van der Waals surface area contributed by atoms with Crippen LogP contribution in [-0.2, 0) is 16.1 Å². The Bertz CT molecular complexity index is 526. The van der Waals surface area contributed by atoms with Gasteiger partial charge in [0.05, 0.1) is 12.6 Å². The molecule has 2 amide bonds. The molecule has 0 aromatic carbocycles. The van der Waals surface area contributed by atoms with Crippen molar-refractivity contribution in [3.8, 4) is 0 Å². The number of carboxylic acids is 1. The molecule has 6 nitrogen and oxygen atoms in total. The lowest BCUT2D eigenvalue weighted by molar-refractivity contribution is -0.140. The normalized spacial score (nSPS) is 20.4. The Morgan fingerprint density at radius 1 is 1.53 bits per heavy atom. The maximum absolute atomic E-state index is 11.7. The summed E-state index contributed by atoms with van der Waals surface area (Å²) in [6, 6.07) is 2.92. The van der Waals surface area contributed by atoms with Gasteiger partial charge >= 0.3 is 5.97 Å². The van der Waals surface area contributed by atoms with Gasteiger partial charge in [0.1, 0.15) is 4.88 Å². The molecule has 2 rings (SSSR count). The third-order valence-corrected chi connectivity index (χ3v) is 4.03. The lowest BCUT2D eigenvalue weighted by Crippen LogP contribution is -2.57. The number of hydrogen-bond acceptors (Lipinski definition) is 5. The van der Waals surface area contributed by atoms with Crippen molar-refractivity contribution < 1.29 is 19.5 Å². The summed E-state index contributed by atoms with van der Waals surface area (Å²) in [7, 11) is 0. The topological polar surface area (TPSA) is 86.7 Å². The van der Waals surface area contributed by atoms with Gasteiger partial charge in [0.2, 0.25) is 11.8 Å². The quantitative estimate of drug-likeness (QED) is 0.793. The molecule has 1 aromatic heterocycles. The van der Waals surface area contributed by atoms with Crippen LogP contribution in [0.3, 0.4) is 0 Å². The second kappa shape index (κ2) is 5.50. The SMILES string of the molecule is CCC1C(=O)NC(=O)CN1Cc1ccc(C(=O)O)s1. The van der Waals surface area contributed by atoms with Crippen LogP contribution in [0.5, 0.6) is 0 Å².